The number of carbonyl (C=O) groups is 3. The molecule has 0 radical (unpaired) electrons. The van der Waals surface area contributed by atoms with E-state index < -0.39 is 35.5 Å². The van der Waals surface area contributed by atoms with Gasteiger partial charge in [-0.2, -0.15) is 0 Å². The maximum Gasteiger partial charge on any atom is 0.303 e. The molecule has 0 aromatic heterocycles. The Balaban J connectivity index is 1.66. The number of hydrogen-bond donors (Lipinski definition) is 2. The van der Waals surface area contributed by atoms with Crippen molar-refractivity contribution in [2.45, 2.75) is 77.9 Å². The number of rotatable bonds is 3. The van der Waals surface area contributed by atoms with Gasteiger partial charge in [-0.25, -0.2) is 0 Å². The Bertz CT molecular complexity index is 817. The van der Waals surface area contributed by atoms with Crippen LogP contribution >= 0.6 is 0 Å². The minimum atomic E-state index is -1.59. The molecule has 0 heterocycles. The normalized spacial score (nSPS) is 47.6. The van der Waals surface area contributed by atoms with Crippen molar-refractivity contribution in [1.82, 2.24) is 0 Å². The lowest BCUT2D eigenvalue weighted by molar-refractivity contribution is -0.185. The van der Waals surface area contributed by atoms with Gasteiger partial charge in [-0.15, -0.1) is 0 Å². The maximum absolute atomic E-state index is 12.9. The van der Waals surface area contributed by atoms with Gasteiger partial charge in [-0.05, 0) is 67.8 Å². The van der Waals surface area contributed by atoms with Crippen LogP contribution in [0.1, 0.15) is 66.2 Å². The molecule has 8 atom stereocenters. The molecule has 0 amide bonds. The topological polar surface area (TPSA) is 101 Å². The zero-order valence-electron chi connectivity index (χ0n) is 18.4. The van der Waals surface area contributed by atoms with E-state index in [0.717, 1.165) is 31.3 Å². The third-order valence-electron chi connectivity index (χ3n) is 9.22. The van der Waals surface area contributed by atoms with Gasteiger partial charge in [0.25, 0.3) is 0 Å². The fraction of sp³-hybridized carbons (Fsp3) is 0.792. The summed E-state index contributed by atoms with van der Waals surface area (Å²) in [5, 5.41) is 22.9. The van der Waals surface area contributed by atoms with Gasteiger partial charge in [-0.3, -0.25) is 14.4 Å². The number of aliphatic hydroxyl groups excluding tert-OH is 1. The molecular weight excluding hydrogens is 384 g/mol. The summed E-state index contributed by atoms with van der Waals surface area (Å²) in [7, 11) is 0. The van der Waals surface area contributed by atoms with Crippen LogP contribution in [0.3, 0.4) is 0 Å². The molecule has 3 fully saturated rings. The number of carbonyl (C=O) groups excluding carboxylic acids is 3. The summed E-state index contributed by atoms with van der Waals surface area (Å²) >= 11 is 0. The van der Waals surface area contributed by atoms with E-state index in [1.807, 2.05) is 19.9 Å². The fourth-order valence-corrected chi connectivity index (χ4v) is 7.78. The molecule has 6 heteroatoms. The molecule has 2 N–H and O–H groups in total. The highest BCUT2D eigenvalue weighted by Crippen LogP contribution is 2.67. The highest BCUT2D eigenvalue weighted by atomic mass is 16.5. The molecular formula is C24H34O6. The van der Waals surface area contributed by atoms with Crippen LogP contribution in [0.5, 0.6) is 0 Å². The van der Waals surface area contributed by atoms with E-state index in [1.54, 1.807) is 0 Å². The number of ketones is 2. The van der Waals surface area contributed by atoms with Crippen LogP contribution in [0.25, 0.3) is 0 Å². The van der Waals surface area contributed by atoms with Crippen molar-refractivity contribution in [2.75, 3.05) is 6.61 Å². The van der Waals surface area contributed by atoms with Gasteiger partial charge in [0.1, 0.15) is 5.60 Å². The minimum absolute atomic E-state index is 0.0250. The van der Waals surface area contributed by atoms with Crippen LogP contribution in [-0.2, 0) is 19.1 Å². The van der Waals surface area contributed by atoms with Gasteiger partial charge in [0.05, 0.1) is 6.10 Å². The Kier molecular flexibility index (Phi) is 5.06. The van der Waals surface area contributed by atoms with Crippen LogP contribution in [0, 0.1) is 34.5 Å². The van der Waals surface area contributed by atoms with Crippen LogP contribution in [0.2, 0.25) is 0 Å². The van der Waals surface area contributed by atoms with E-state index >= 15 is 0 Å². The number of fused-ring (bicyclic) bond motifs is 5. The third-order valence-corrected chi connectivity index (χ3v) is 9.22. The Morgan fingerprint density at radius 1 is 1.23 bits per heavy atom. The first-order chi connectivity index (χ1) is 13.9. The number of ether oxygens (including phenoxy) is 1. The summed E-state index contributed by atoms with van der Waals surface area (Å²) in [5.41, 5.74) is -1.40. The molecule has 30 heavy (non-hydrogen) atoms. The lowest BCUT2D eigenvalue weighted by Crippen LogP contribution is -2.62. The SMILES string of the molecule is CC(=O)OCC(=O)[C@]1(O)CC[C@H]2[C@@H]3CCC4=CC(=O)[C@H](C)C[C@]4(C)[C@H]3[C@@H](O)C[C@@]21C. The van der Waals surface area contributed by atoms with E-state index in [2.05, 4.69) is 6.92 Å². The largest absolute Gasteiger partial charge is 0.458 e. The molecule has 0 aliphatic heterocycles. The maximum atomic E-state index is 12.9. The van der Waals surface area contributed by atoms with Crippen molar-refractivity contribution in [3.05, 3.63) is 11.6 Å². The summed E-state index contributed by atoms with van der Waals surface area (Å²) in [5.74, 6) is -0.549. The van der Waals surface area contributed by atoms with E-state index in [0.29, 0.717) is 12.8 Å². The Hall–Kier alpha value is -1.53. The van der Waals surface area contributed by atoms with Crippen LogP contribution in [-0.4, -0.2) is 46.1 Å². The van der Waals surface area contributed by atoms with Gasteiger partial charge in [0.15, 0.2) is 12.4 Å². The first kappa shape index (κ1) is 21.7. The van der Waals surface area contributed by atoms with E-state index in [4.69, 9.17) is 4.74 Å². The van der Waals surface area contributed by atoms with Crippen LogP contribution < -0.4 is 0 Å². The smallest absolute Gasteiger partial charge is 0.303 e. The summed E-state index contributed by atoms with van der Waals surface area (Å²) in [6.07, 6.45) is 4.99. The van der Waals surface area contributed by atoms with Crippen molar-refractivity contribution in [1.29, 1.82) is 0 Å². The van der Waals surface area contributed by atoms with E-state index in [-0.39, 0.29) is 34.9 Å². The first-order valence-electron chi connectivity index (χ1n) is 11.3. The Morgan fingerprint density at radius 2 is 1.93 bits per heavy atom. The van der Waals surface area contributed by atoms with Crippen LogP contribution in [0.15, 0.2) is 11.6 Å². The van der Waals surface area contributed by atoms with Gasteiger partial charge in [-0.1, -0.05) is 26.3 Å². The van der Waals surface area contributed by atoms with Crippen molar-refractivity contribution < 1.29 is 29.3 Å². The molecule has 0 saturated heterocycles. The van der Waals surface area contributed by atoms with Crippen molar-refractivity contribution in [3.8, 4) is 0 Å². The van der Waals surface area contributed by atoms with Crippen LogP contribution in [0.4, 0.5) is 0 Å². The highest BCUT2D eigenvalue weighted by Gasteiger charge is 2.68. The summed E-state index contributed by atoms with van der Waals surface area (Å²) in [4.78, 5) is 36.4. The zero-order valence-corrected chi connectivity index (χ0v) is 18.4. The lowest BCUT2D eigenvalue weighted by atomic mass is 9.45. The number of allylic oxidation sites excluding steroid dienone is 1. The number of esters is 1. The zero-order chi connectivity index (χ0) is 22.1. The van der Waals surface area contributed by atoms with Crippen molar-refractivity contribution in [2.24, 2.45) is 34.5 Å². The molecule has 4 rings (SSSR count). The molecule has 0 aromatic rings. The van der Waals surface area contributed by atoms with Gasteiger partial charge >= 0.3 is 5.97 Å². The molecule has 0 aromatic carbocycles. The quantitative estimate of drug-likeness (QED) is 0.683. The Labute approximate surface area is 178 Å². The van der Waals surface area contributed by atoms with Crippen molar-refractivity contribution >= 4 is 17.5 Å². The molecule has 3 saturated carbocycles. The van der Waals surface area contributed by atoms with E-state index in [9.17, 15) is 24.6 Å². The molecule has 4 aliphatic carbocycles. The van der Waals surface area contributed by atoms with E-state index in [1.165, 1.54) is 6.92 Å². The third kappa shape index (κ3) is 2.86. The summed E-state index contributed by atoms with van der Waals surface area (Å²) < 4.78 is 4.90. The predicted molar refractivity (Wildman–Crippen MR) is 109 cm³/mol. The van der Waals surface area contributed by atoms with Gasteiger partial charge in [0, 0.05) is 18.3 Å². The molecule has 0 unspecified atom stereocenters. The molecule has 0 bridgehead atoms. The standard InChI is InChI=1S/C24H34O6/c1-13-10-22(3)15(9-18(13)26)5-6-16-17-7-8-24(29,20(28)12-30-14(2)25)23(17,4)11-19(27)21(16)22/h9,13,16-17,19,21,27,29H,5-8,10-12H2,1-4H3/t13-,16+,17+,19+,21-,22+,23+,24-/m1/s1. The minimum Gasteiger partial charge on any atom is -0.458 e. The average molecular weight is 419 g/mol. The first-order valence-corrected chi connectivity index (χ1v) is 11.3. The average Bonchev–Trinajstić information content (AvgIpc) is 2.92. The van der Waals surface area contributed by atoms with Gasteiger partial charge in [0.2, 0.25) is 5.78 Å². The molecule has 6 nitrogen and oxygen atoms in total. The lowest BCUT2D eigenvalue weighted by Gasteiger charge is -2.60. The number of Topliss-reactive ketones (excluding diaryl/α,β-unsaturated/α-hetero) is 1. The summed E-state index contributed by atoms with van der Waals surface area (Å²) in [6, 6.07) is 0. The summed E-state index contributed by atoms with van der Waals surface area (Å²) in [6.45, 7) is 6.90. The molecule has 4 aliphatic rings. The second-order valence-corrected chi connectivity index (χ2v) is 10.7. The molecule has 166 valence electrons. The predicted octanol–water partition coefficient (Wildman–Crippen LogP) is 2.60. The number of hydrogen-bond acceptors (Lipinski definition) is 6. The fourth-order valence-electron chi connectivity index (χ4n) is 7.78. The number of aliphatic hydroxyl groups is 2. The highest BCUT2D eigenvalue weighted by molar-refractivity contribution is 5.93. The van der Waals surface area contributed by atoms with Gasteiger partial charge < -0.3 is 14.9 Å². The second-order valence-electron chi connectivity index (χ2n) is 10.7. The second kappa shape index (κ2) is 6.99. The monoisotopic (exact) mass is 418 g/mol. The van der Waals surface area contributed by atoms with Crippen molar-refractivity contribution in [3.63, 3.8) is 0 Å². The Morgan fingerprint density at radius 3 is 2.60 bits per heavy atom. The molecule has 0 spiro atoms.